The lowest BCUT2D eigenvalue weighted by Crippen LogP contribution is -2.37. The summed E-state index contributed by atoms with van der Waals surface area (Å²) in [4.78, 5) is 30.4. The van der Waals surface area contributed by atoms with Gasteiger partial charge in [-0.25, -0.2) is 0 Å². The zero-order valence-electron chi connectivity index (χ0n) is 13.6. The maximum absolute atomic E-state index is 12.8. The molecule has 0 aliphatic rings. The van der Waals surface area contributed by atoms with Gasteiger partial charge in [-0.05, 0) is 30.3 Å². The highest BCUT2D eigenvalue weighted by Gasteiger charge is 2.23. The van der Waals surface area contributed by atoms with Crippen LogP contribution in [0.15, 0.2) is 48.7 Å². The minimum absolute atomic E-state index is 0.209. The second-order valence-electron chi connectivity index (χ2n) is 5.44. The largest absolute Gasteiger partial charge is 0.469 e. The number of benzene rings is 1. The summed E-state index contributed by atoms with van der Waals surface area (Å²) < 4.78 is 4.75. The molecular formula is C18H19ClN2O3. The number of esters is 1. The van der Waals surface area contributed by atoms with E-state index in [-0.39, 0.29) is 18.4 Å². The summed E-state index contributed by atoms with van der Waals surface area (Å²) in [5, 5.41) is 0.486. The van der Waals surface area contributed by atoms with Crippen molar-refractivity contribution in [3.05, 3.63) is 64.9 Å². The Hall–Kier alpha value is -2.40. The first-order chi connectivity index (χ1) is 11.5. The Labute approximate surface area is 146 Å². The van der Waals surface area contributed by atoms with Gasteiger partial charge >= 0.3 is 5.97 Å². The van der Waals surface area contributed by atoms with Crippen molar-refractivity contribution in [2.24, 2.45) is 5.92 Å². The Bertz CT molecular complexity index is 706. The highest BCUT2D eigenvalue weighted by molar-refractivity contribution is 6.30. The lowest BCUT2D eigenvalue weighted by molar-refractivity contribution is -0.145. The average Bonchev–Trinajstić information content (AvgIpc) is 2.60. The van der Waals surface area contributed by atoms with Gasteiger partial charge in [0.1, 0.15) is 0 Å². The number of pyridine rings is 1. The minimum atomic E-state index is -0.443. The van der Waals surface area contributed by atoms with Gasteiger partial charge in [-0.2, -0.15) is 0 Å². The number of carbonyl (C=O) groups is 2. The van der Waals surface area contributed by atoms with Gasteiger partial charge < -0.3 is 9.64 Å². The molecule has 2 rings (SSSR count). The van der Waals surface area contributed by atoms with Crippen molar-refractivity contribution < 1.29 is 14.3 Å². The van der Waals surface area contributed by atoms with E-state index in [0.29, 0.717) is 17.1 Å². The van der Waals surface area contributed by atoms with Crippen LogP contribution in [0.3, 0.4) is 0 Å². The molecule has 0 saturated heterocycles. The third-order valence-corrected chi connectivity index (χ3v) is 3.77. The molecular weight excluding hydrogens is 328 g/mol. The molecule has 0 spiro atoms. The normalized spacial score (nSPS) is 11.6. The molecule has 5 nitrogen and oxygen atoms in total. The van der Waals surface area contributed by atoms with Crippen LogP contribution in [0.4, 0.5) is 0 Å². The first-order valence-electron chi connectivity index (χ1n) is 7.54. The van der Waals surface area contributed by atoms with Crippen LogP contribution in [0.5, 0.6) is 0 Å². The van der Waals surface area contributed by atoms with Crippen LogP contribution >= 0.6 is 11.6 Å². The molecule has 6 heteroatoms. The van der Waals surface area contributed by atoms with Gasteiger partial charge in [0.05, 0.1) is 25.3 Å². The van der Waals surface area contributed by atoms with E-state index in [1.165, 1.54) is 7.11 Å². The van der Waals surface area contributed by atoms with Gasteiger partial charge in [-0.1, -0.05) is 30.7 Å². The molecule has 0 saturated carbocycles. The molecule has 1 unspecified atom stereocenters. The Kier molecular flexibility index (Phi) is 6.32. The monoisotopic (exact) mass is 346 g/mol. The van der Waals surface area contributed by atoms with Crippen LogP contribution < -0.4 is 0 Å². The summed E-state index contributed by atoms with van der Waals surface area (Å²) >= 11 is 5.98. The summed E-state index contributed by atoms with van der Waals surface area (Å²) in [6.45, 7) is 2.25. The van der Waals surface area contributed by atoms with Gasteiger partial charge in [0.2, 0.25) is 0 Å². The van der Waals surface area contributed by atoms with E-state index >= 15 is 0 Å². The fourth-order valence-electron chi connectivity index (χ4n) is 2.32. The second kappa shape index (κ2) is 8.45. The molecule has 0 fully saturated rings. The molecule has 1 aromatic heterocycles. The van der Waals surface area contributed by atoms with E-state index < -0.39 is 5.92 Å². The zero-order chi connectivity index (χ0) is 17.5. The fraction of sp³-hybridized carbons (Fsp3) is 0.278. The van der Waals surface area contributed by atoms with E-state index in [0.717, 1.165) is 5.69 Å². The molecule has 0 radical (unpaired) electrons. The Morgan fingerprint density at radius 3 is 2.67 bits per heavy atom. The molecule has 24 heavy (non-hydrogen) atoms. The maximum Gasteiger partial charge on any atom is 0.310 e. The summed E-state index contributed by atoms with van der Waals surface area (Å²) in [5.74, 6) is -1.01. The highest BCUT2D eigenvalue weighted by atomic mass is 35.5. The van der Waals surface area contributed by atoms with Crippen molar-refractivity contribution in [1.29, 1.82) is 0 Å². The zero-order valence-corrected chi connectivity index (χ0v) is 14.4. The second-order valence-corrected chi connectivity index (χ2v) is 5.88. The Balaban J connectivity index is 2.24. The number of nitrogens with zero attached hydrogens (tertiary/aromatic N) is 2. The highest BCUT2D eigenvalue weighted by Crippen LogP contribution is 2.16. The van der Waals surface area contributed by atoms with Gasteiger partial charge in [-0.15, -0.1) is 0 Å². The van der Waals surface area contributed by atoms with E-state index in [9.17, 15) is 9.59 Å². The van der Waals surface area contributed by atoms with Crippen molar-refractivity contribution in [2.45, 2.75) is 13.5 Å². The van der Waals surface area contributed by atoms with Crippen molar-refractivity contribution in [3.8, 4) is 0 Å². The van der Waals surface area contributed by atoms with Gasteiger partial charge in [-0.3, -0.25) is 14.6 Å². The van der Waals surface area contributed by atoms with Crippen LogP contribution in [-0.2, 0) is 16.1 Å². The van der Waals surface area contributed by atoms with E-state index in [1.54, 1.807) is 42.3 Å². The number of halogens is 1. The standard InChI is InChI=1S/C18H19ClN2O3/c1-13(18(23)24-2)11-21(12-16-8-3-4-9-20-16)17(22)14-6-5-7-15(19)10-14/h3-10,13H,11-12H2,1-2H3. The molecule has 1 amide bonds. The van der Waals surface area contributed by atoms with Gasteiger partial charge in [0.15, 0.2) is 0 Å². The smallest absolute Gasteiger partial charge is 0.310 e. The van der Waals surface area contributed by atoms with E-state index in [1.807, 2.05) is 18.2 Å². The number of methoxy groups -OCH3 is 1. The third kappa shape index (κ3) is 4.80. The maximum atomic E-state index is 12.8. The van der Waals surface area contributed by atoms with Crippen molar-refractivity contribution in [1.82, 2.24) is 9.88 Å². The summed E-state index contributed by atoms with van der Waals surface area (Å²) in [6, 6.07) is 12.2. The third-order valence-electron chi connectivity index (χ3n) is 3.54. The van der Waals surface area contributed by atoms with Gasteiger partial charge in [0.25, 0.3) is 5.91 Å². The first kappa shape index (κ1) is 17.9. The molecule has 0 N–H and O–H groups in total. The average molecular weight is 347 g/mol. The number of hydrogen-bond acceptors (Lipinski definition) is 4. The molecule has 0 bridgehead atoms. The van der Waals surface area contributed by atoms with E-state index in [2.05, 4.69) is 4.98 Å². The summed E-state index contributed by atoms with van der Waals surface area (Å²) in [6.07, 6.45) is 1.67. The quantitative estimate of drug-likeness (QED) is 0.754. The van der Waals surface area contributed by atoms with Crippen LogP contribution in [0, 0.1) is 5.92 Å². The number of rotatable bonds is 6. The fourth-order valence-corrected chi connectivity index (χ4v) is 2.51. The minimum Gasteiger partial charge on any atom is -0.469 e. The Morgan fingerprint density at radius 1 is 1.25 bits per heavy atom. The first-order valence-corrected chi connectivity index (χ1v) is 7.91. The predicted molar refractivity (Wildman–Crippen MR) is 91.6 cm³/mol. The number of hydrogen-bond donors (Lipinski definition) is 0. The van der Waals surface area contributed by atoms with Crippen LogP contribution in [0.2, 0.25) is 5.02 Å². The molecule has 0 aliphatic carbocycles. The number of amides is 1. The number of aromatic nitrogens is 1. The molecule has 1 aromatic carbocycles. The molecule has 126 valence electrons. The summed E-state index contributed by atoms with van der Waals surface area (Å²) in [7, 11) is 1.33. The topological polar surface area (TPSA) is 59.5 Å². The van der Waals surface area contributed by atoms with Crippen molar-refractivity contribution in [3.63, 3.8) is 0 Å². The van der Waals surface area contributed by atoms with Crippen molar-refractivity contribution in [2.75, 3.05) is 13.7 Å². The molecule has 1 heterocycles. The predicted octanol–water partition coefficient (Wildman–Crippen LogP) is 3.19. The van der Waals surface area contributed by atoms with Crippen LogP contribution in [0.1, 0.15) is 23.0 Å². The molecule has 1 atom stereocenters. The number of ether oxygens (including phenoxy) is 1. The lowest BCUT2D eigenvalue weighted by atomic mass is 10.1. The SMILES string of the molecule is COC(=O)C(C)CN(Cc1ccccn1)C(=O)c1cccc(Cl)c1. The van der Waals surface area contributed by atoms with Crippen LogP contribution in [0.25, 0.3) is 0 Å². The summed E-state index contributed by atoms with van der Waals surface area (Å²) in [5.41, 5.74) is 1.21. The van der Waals surface area contributed by atoms with Gasteiger partial charge in [0, 0.05) is 23.3 Å². The Morgan fingerprint density at radius 2 is 2.04 bits per heavy atom. The number of carbonyl (C=O) groups excluding carboxylic acids is 2. The molecule has 2 aromatic rings. The van der Waals surface area contributed by atoms with Crippen molar-refractivity contribution >= 4 is 23.5 Å². The van der Waals surface area contributed by atoms with E-state index in [4.69, 9.17) is 16.3 Å². The lowest BCUT2D eigenvalue weighted by Gasteiger charge is -2.25. The molecule has 0 aliphatic heterocycles. The van der Waals surface area contributed by atoms with Crippen LogP contribution in [-0.4, -0.2) is 35.4 Å².